The molecule has 5 heteroatoms. The molecule has 1 amide bonds. The average Bonchev–Trinajstić information content (AvgIpc) is 3.16. The Morgan fingerprint density at radius 3 is 2.53 bits per heavy atom. The molecule has 0 saturated carbocycles. The van der Waals surface area contributed by atoms with Crippen LogP contribution in [-0.2, 0) is 11.2 Å². The second-order valence-corrected chi connectivity index (χ2v) is 8.10. The number of imidazole rings is 1. The standard InChI is InChI=1S/C27H29N3O2/c1-4-32-23-12-8-11-21(17-23)22-13-15-25-29-27(20-9-6-5-7-10-20)24(30(25)18-22)14-16-26(31)28-19(2)3/h5-13,15,17-19H,4,14,16H2,1-3H3,(H,28,31). The molecule has 5 nitrogen and oxygen atoms in total. The van der Waals surface area contributed by atoms with Crippen molar-refractivity contribution < 1.29 is 9.53 Å². The fourth-order valence-electron chi connectivity index (χ4n) is 3.89. The third-order valence-corrected chi connectivity index (χ3v) is 5.28. The van der Waals surface area contributed by atoms with Crippen LogP contribution in [0.3, 0.4) is 0 Å². The molecule has 0 radical (unpaired) electrons. The number of ether oxygens (including phenoxy) is 1. The van der Waals surface area contributed by atoms with Gasteiger partial charge in [0.1, 0.15) is 11.4 Å². The monoisotopic (exact) mass is 427 g/mol. The molecule has 0 aliphatic rings. The van der Waals surface area contributed by atoms with E-state index in [9.17, 15) is 4.79 Å². The SMILES string of the molecule is CCOc1cccc(-c2ccc3nc(-c4ccccc4)c(CCC(=O)NC(C)C)n3c2)c1. The first-order valence-electron chi connectivity index (χ1n) is 11.1. The smallest absolute Gasteiger partial charge is 0.220 e. The zero-order valence-electron chi connectivity index (χ0n) is 18.8. The number of hydrogen-bond donors (Lipinski definition) is 1. The van der Waals surface area contributed by atoms with Gasteiger partial charge >= 0.3 is 0 Å². The van der Waals surface area contributed by atoms with E-state index in [1.165, 1.54) is 0 Å². The molecular formula is C27H29N3O2. The number of fused-ring (bicyclic) bond motifs is 1. The minimum atomic E-state index is 0.0505. The van der Waals surface area contributed by atoms with Crippen LogP contribution in [0.15, 0.2) is 72.9 Å². The van der Waals surface area contributed by atoms with Gasteiger partial charge in [-0.2, -0.15) is 0 Å². The van der Waals surface area contributed by atoms with Gasteiger partial charge in [-0.15, -0.1) is 0 Å². The summed E-state index contributed by atoms with van der Waals surface area (Å²) in [6, 6.07) is 22.5. The van der Waals surface area contributed by atoms with Crippen molar-refractivity contribution in [2.45, 2.75) is 39.7 Å². The molecule has 32 heavy (non-hydrogen) atoms. The van der Waals surface area contributed by atoms with Crippen LogP contribution in [0.5, 0.6) is 5.75 Å². The highest BCUT2D eigenvalue weighted by molar-refractivity contribution is 5.77. The number of carbonyl (C=O) groups is 1. The lowest BCUT2D eigenvalue weighted by atomic mass is 10.1. The summed E-state index contributed by atoms with van der Waals surface area (Å²) in [5.41, 5.74) is 6.03. The molecule has 0 aliphatic carbocycles. The fourth-order valence-corrected chi connectivity index (χ4v) is 3.89. The number of nitrogens with zero attached hydrogens (tertiary/aromatic N) is 2. The van der Waals surface area contributed by atoms with Crippen LogP contribution in [0.4, 0.5) is 0 Å². The molecule has 1 N–H and O–H groups in total. The van der Waals surface area contributed by atoms with Gasteiger partial charge in [-0.3, -0.25) is 4.79 Å². The van der Waals surface area contributed by atoms with E-state index in [-0.39, 0.29) is 11.9 Å². The van der Waals surface area contributed by atoms with Crippen LogP contribution in [0.2, 0.25) is 0 Å². The third-order valence-electron chi connectivity index (χ3n) is 5.28. The number of rotatable bonds is 8. The lowest BCUT2D eigenvalue weighted by Gasteiger charge is -2.10. The van der Waals surface area contributed by atoms with Gasteiger partial charge < -0.3 is 14.5 Å². The van der Waals surface area contributed by atoms with Crippen molar-refractivity contribution in [3.05, 3.63) is 78.6 Å². The number of aryl methyl sites for hydroxylation is 1. The first-order chi connectivity index (χ1) is 15.5. The highest BCUT2D eigenvalue weighted by Crippen LogP contribution is 2.29. The van der Waals surface area contributed by atoms with Gasteiger partial charge in [0.25, 0.3) is 0 Å². The van der Waals surface area contributed by atoms with Gasteiger partial charge in [-0.05, 0) is 62.6 Å². The summed E-state index contributed by atoms with van der Waals surface area (Å²) in [5.74, 6) is 0.904. The first kappa shape index (κ1) is 21.6. The summed E-state index contributed by atoms with van der Waals surface area (Å²) in [5, 5.41) is 2.99. The van der Waals surface area contributed by atoms with Crippen LogP contribution in [-0.4, -0.2) is 27.9 Å². The molecule has 0 aliphatic heterocycles. The molecule has 0 atom stereocenters. The van der Waals surface area contributed by atoms with Crippen LogP contribution in [0.25, 0.3) is 28.0 Å². The average molecular weight is 428 g/mol. The molecule has 164 valence electrons. The van der Waals surface area contributed by atoms with Crippen molar-refractivity contribution in [1.29, 1.82) is 0 Å². The quantitative estimate of drug-likeness (QED) is 0.403. The Hall–Kier alpha value is -3.60. The molecular weight excluding hydrogens is 398 g/mol. The maximum absolute atomic E-state index is 12.4. The van der Waals surface area contributed by atoms with E-state index in [0.717, 1.165) is 39.5 Å². The highest BCUT2D eigenvalue weighted by atomic mass is 16.5. The molecule has 0 spiro atoms. The van der Waals surface area contributed by atoms with Crippen LogP contribution < -0.4 is 10.1 Å². The van der Waals surface area contributed by atoms with E-state index >= 15 is 0 Å². The maximum atomic E-state index is 12.4. The number of amides is 1. The third kappa shape index (κ3) is 4.83. The Kier molecular flexibility index (Phi) is 6.55. The van der Waals surface area contributed by atoms with Gasteiger partial charge in [-0.1, -0.05) is 42.5 Å². The van der Waals surface area contributed by atoms with Gasteiger partial charge in [0, 0.05) is 24.2 Å². The highest BCUT2D eigenvalue weighted by Gasteiger charge is 2.16. The fraction of sp³-hybridized carbons (Fsp3) is 0.259. The van der Waals surface area contributed by atoms with E-state index in [1.807, 2.05) is 57.2 Å². The largest absolute Gasteiger partial charge is 0.494 e. The molecule has 0 saturated heterocycles. The van der Waals surface area contributed by atoms with E-state index in [1.54, 1.807) is 0 Å². The topological polar surface area (TPSA) is 55.6 Å². The predicted octanol–water partition coefficient (Wildman–Crippen LogP) is 5.52. The van der Waals surface area contributed by atoms with Crippen LogP contribution in [0, 0.1) is 0 Å². The second kappa shape index (κ2) is 9.69. The van der Waals surface area contributed by atoms with E-state index in [0.29, 0.717) is 19.4 Å². The zero-order chi connectivity index (χ0) is 22.5. The summed E-state index contributed by atoms with van der Waals surface area (Å²) in [6.45, 7) is 6.57. The molecule has 4 aromatic rings. The normalized spacial score (nSPS) is 11.1. The molecule has 0 fully saturated rings. The number of pyridine rings is 1. The van der Waals surface area contributed by atoms with Crippen molar-refractivity contribution in [3.8, 4) is 28.1 Å². The molecule has 2 heterocycles. The lowest BCUT2D eigenvalue weighted by Crippen LogP contribution is -2.30. The summed E-state index contributed by atoms with van der Waals surface area (Å²) in [4.78, 5) is 17.3. The summed E-state index contributed by atoms with van der Waals surface area (Å²) >= 11 is 0. The van der Waals surface area contributed by atoms with Gasteiger partial charge in [0.15, 0.2) is 0 Å². The van der Waals surface area contributed by atoms with Crippen LogP contribution >= 0.6 is 0 Å². The maximum Gasteiger partial charge on any atom is 0.220 e. The minimum absolute atomic E-state index is 0.0505. The predicted molar refractivity (Wildman–Crippen MR) is 129 cm³/mol. The molecule has 0 unspecified atom stereocenters. The number of nitrogens with one attached hydrogen (secondary N) is 1. The molecule has 2 aromatic carbocycles. The van der Waals surface area contributed by atoms with Crippen molar-refractivity contribution in [3.63, 3.8) is 0 Å². The Morgan fingerprint density at radius 2 is 1.78 bits per heavy atom. The molecule has 2 aromatic heterocycles. The Morgan fingerprint density at radius 1 is 1.00 bits per heavy atom. The van der Waals surface area contributed by atoms with Gasteiger partial charge in [0.2, 0.25) is 5.91 Å². The van der Waals surface area contributed by atoms with Crippen molar-refractivity contribution in [1.82, 2.24) is 14.7 Å². The van der Waals surface area contributed by atoms with Gasteiger partial charge in [0.05, 0.1) is 18.0 Å². The number of carbonyl (C=O) groups excluding carboxylic acids is 1. The summed E-state index contributed by atoms with van der Waals surface area (Å²) < 4.78 is 7.79. The van der Waals surface area contributed by atoms with Crippen molar-refractivity contribution in [2.75, 3.05) is 6.61 Å². The number of benzene rings is 2. The van der Waals surface area contributed by atoms with Crippen molar-refractivity contribution >= 4 is 11.6 Å². The minimum Gasteiger partial charge on any atom is -0.494 e. The second-order valence-electron chi connectivity index (χ2n) is 8.10. The summed E-state index contributed by atoms with van der Waals surface area (Å²) in [6.07, 6.45) is 3.12. The molecule has 0 bridgehead atoms. The van der Waals surface area contributed by atoms with Crippen LogP contribution in [0.1, 0.15) is 32.9 Å². The summed E-state index contributed by atoms with van der Waals surface area (Å²) in [7, 11) is 0. The van der Waals surface area contributed by atoms with E-state index in [4.69, 9.17) is 9.72 Å². The Balaban J connectivity index is 1.76. The Bertz CT molecular complexity index is 1210. The number of hydrogen-bond acceptors (Lipinski definition) is 3. The molecule has 4 rings (SSSR count). The van der Waals surface area contributed by atoms with E-state index < -0.39 is 0 Å². The van der Waals surface area contributed by atoms with Crippen molar-refractivity contribution in [2.24, 2.45) is 0 Å². The van der Waals surface area contributed by atoms with E-state index in [2.05, 4.69) is 46.2 Å². The Labute approximate surface area is 189 Å². The zero-order valence-corrected chi connectivity index (χ0v) is 18.8. The first-order valence-corrected chi connectivity index (χ1v) is 11.1. The van der Waals surface area contributed by atoms with Gasteiger partial charge in [-0.25, -0.2) is 4.98 Å². The lowest BCUT2D eigenvalue weighted by molar-refractivity contribution is -0.121. The number of aromatic nitrogens is 2.